The largest absolute Gasteiger partial charge is 0.326 e. The van der Waals surface area contributed by atoms with Crippen LogP contribution in [0.3, 0.4) is 0 Å². The third kappa shape index (κ3) is 4.57. The molecule has 4 rings (SSSR count). The van der Waals surface area contributed by atoms with Gasteiger partial charge in [-0.2, -0.15) is 0 Å². The summed E-state index contributed by atoms with van der Waals surface area (Å²) in [7, 11) is 0. The molecule has 0 aromatic heterocycles. The monoisotopic (exact) mass is 429 g/mol. The molecular weight excluding hydrogens is 410 g/mol. The molecule has 0 bridgehead atoms. The van der Waals surface area contributed by atoms with Crippen LogP contribution in [0, 0.1) is 0 Å². The first-order chi connectivity index (χ1) is 15.0. The van der Waals surface area contributed by atoms with Gasteiger partial charge in [0, 0.05) is 22.7 Å². The molecule has 3 aromatic carbocycles. The number of nitrogens with zero attached hydrogens (tertiary/aromatic N) is 2. The zero-order valence-electron chi connectivity index (χ0n) is 16.9. The molecule has 1 aliphatic heterocycles. The third-order valence-corrected chi connectivity index (χ3v) is 5.01. The van der Waals surface area contributed by atoms with Crippen molar-refractivity contribution in [1.82, 2.24) is 0 Å². The van der Waals surface area contributed by atoms with Crippen LogP contribution in [-0.2, 0) is 9.59 Å². The Labute approximate surface area is 185 Å². The van der Waals surface area contributed by atoms with Gasteiger partial charge in [0.25, 0.3) is 5.91 Å². The summed E-state index contributed by atoms with van der Waals surface area (Å²) >= 11 is 6.09. The number of anilines is 2. The van der Waals surface area contributed by atoms with Crippen LogP contribution in [0.15, 0.2) is 89.6 Å². The molecule has 6 heteroatoms. The lowest BCUT2D eigenvalue weighted by Crippen LogP contribution is -2.32. The first-order valence-corrected chi connectivity index (χ1v) is 10.3. The molecule has 0 spiro atoms. The highest BCUT2D eigenvalue weighted by Crippen LogP contribution is 2.29. The van der Waals surface area contributed by atoms with E-state index in [-0.39, 0.29) is 11.8 Å². The number of amides is 2. The lowest BCUT2D eigenvalue weighted by Gasteiger charge is -2.19. The Morgan fingerprint density at radius 3 is 2.45 bits per heavy atom. The van der Waals surface area contributed by atoms with Crippen molar-refractivity contribution in [2.24, 2.45) is 4.99 Å². The molecule has 0 fully saturated rings. The average molecular weight is 430 g/mol. The summed E-state index contributed by atoms with van der Waals surface area (Å²) in [5, 5.41) is 3.41. The molecule has 2 amide bonds. The predicted molar refractivity (Wildman–Crippen MR) is 125 cm³/mol. The summed E-state index contributed by atoms with van der Waals surface area (Å²) < 4.78 is 0. The second kappa shape index (κ2) is 8.98. The van der Waals surface area contributed by atoms with Crippen molar-refractivity contribution >= 4 is 46.7 Å². The van der Waals surface area contributed by atoms with Crippen molar-refractivity contribution in [1.29, 1.82) is 0 Å². The Morgan fingerprint density at radius 2 is 1.77 bits per heavy atom. The van der Waals surface area contributed by atoms with E-state index in [9.17, 15) is 9.59 Å². The molecule has 0 atom stereocenters. The average Bonchev–Trinajstić information content (AvgIpc) is 3.11. The van der Waals surface area contributed by atoms with Gasteiger partial charge < -0.3 is 5.32 Å². The summed E-state index contributed by atoms with van der Waals surface area (Å²) in [6.45, 7) is 1.79. The van der Waals surface area contributed by atoms with Gasteiger partial charge in [0.2, 0.25) is 5.91 Å². The maximum atomic E-state index is 13.3. The van der Waals surface area contributed by atoms with Gasteiger partial charge in [0.15, 0.2) is 0 Å². The number of hydrogen-bond acceptors (Lipinski definition) is 3. The fraction of sp³-hybridized carbons (Fsp3) is 0.0800. The third-order valence-electron chi connectivity index (χ3n) is 4.77. The maximum Gasteiger partial charge on any atom is 0.282 e. The lowest BCUT2D eigenvalue weighted by molar-refractivity contribution is -0.116. The van der Waals surface area contributed by atoms with Gasteiger partial charge in [-0.25, -0.2) is 4.99 Å². The number of nitrogens with one attached hydrogen (secondary N) is 1. The van der Waals surface area contributed by atoms with Gasteiger partial charge in [0.1, 0.15) is 11.5 Å². The number of rotatable bonds is 5. The van der Waals surface area contributed by atoms with Crippen LogP contribution in [0.1, 0.15) is 24.5 Å². The van der Waals surface area contributed by atoms with Gasteiger partial charge in [-0.3, -0.25) is 14.5 Å². The zero-order chi connectivity index (χ0) is 21.8. The highest BCUT2D eigenvalue weighted by atomic mass is 35.5. The van der Waals surface area contributed by atoms with E-state index in [2.05, 4.69) is 10.3 Å². The van der Waals surface area contributed by atoms with Crippen LogP contribution in [-0.4, -0.2) is 17.6 Å². The first-order valence-electron chi connectivity index (χ1n) is 9.91. The molecule has 1 aliphatic rings. The van der Waals surface area contributed by atoms with Crippen molar-refractivity contribution in [2.45, 2.75) is 13.3 Å². The first kappa shape index (κ1) is 20.6. The molecule has 0 aliphatic carbocycles. The molecule has 0 saturated carbocycles. The second-order valence-electron chi connectivity index (χ2n) is 6.98. The minimum absolute atomic E-state index is 0.0664. The Morgan fingerprint density at radius 1 is 1.03 bits per heavy atom. The number of carbonyl (C=O) groups is 2. The van der Waals surface area contributed by atoms with Crippen molar-refractivity contribution in [3.63, 3.8) is 0 Å². The predicted octanol–water partition coefficient (Wildman–Crippen LogP) is 5.52. The number of carbonyl (C=O) groups excluding carboxylic acids is 2. The van der Waals surface area contributed by atoms with E-state index < -0.39 is 0 Å². The quantitative estimate of drug-likeness (QED) is 0.542. The Hall–Kier alpha value is -3.70. The van der Waals surface area contributed by atoms with E-state index in [1.165, 1.54) is 0 Å². The molecule has 0 radical (unpaired) electrons. The molecule has 1 heterocycles. The Balaban J connectivity index is 1.73. The van der Waals surface area contributed by atoms with Gasteiger partial charge in [-0.1, -0.05) is 61.0 Å². The minimum atomic E-state index is -0.232. The summed E-state index contributed by atoms with van der Waals surface area (Å²) in [4.78, 5) is 31.2. The van der Waals surface area contributed by atoms with Gasteiger partial charge in [0.05, 0.1) is 5.69 Å². The van der Waals surface area contributed by atoms with Crippen LogP contribution in [0.4, 0.5) is 11.4 Å². The van der Waals surface area contributed by atoms with E-state index in [4.69, 9.17) is 11.6 Å². The van der Waals surface area contributed by atoms with Gasteiger partial charge >= 0.3 is 0 Å². The van der Waals surface area contributed by atoms with Gasteiger partial charge in [-0.05, 0) is 48.0 Å². The molecule has 154 valence electrons. The van der Waals surface area contributed by atoms with Crippen molar-refractivity contribution < 1.29 is 9.59 Å². The normalized spacial score (nSPS) is 14.6. The fourth-order valence-corrected chi connectivity index (χ4v) is 3.43. The molecule has 0 saturated heterocycles. The number of halogens is 1. The number of aliphatic imine (C=N–C) groups is 1. The van der Waals surface area contributed by atoms with Crippen LogP contribution in [0.2, 0.25) is 5.02 Å². The minimum Gasteiger partial charge on any atom is -0.326 e. The van der Waals surface area contributed by atoms with E-state index in [1.54, 1.807) is 54.3 Å². The lowest BCUT2D eigenvalue weighted by atomic mass is 10.1. The van der Waals surface area contributed by atoms with Crippen LogP contribution < -0.4 is 10.2 Å². The molecule has 5 nitrogen and oxygen atoms in total. The topological polar surface area (TPSA) is 61.8 Å². The highest BCUT2D eigenvalue weighted by molar-refractivity contribution is 6.33. The highest BCUT2D eigenvalue weighted by Gasteiger charge is 2.32. The van der Waals surface area contributed by atoms with Gasteiger partial charge in [-0.15, -0.1) is 0 Å². The standard InChI is InChI=1S/C25H20ClN3O2/c1-2-23(30)27-20-11-13-21(14-12-20)29-24(18-8-4-3-5-9-18)28-22(25(29)31)16-17-7-6-10-19(26)15-17/h3-16H,2H2,1H3,(H,27,30)/b22-16-. The molecule has 0 unspecified atom stereocenters. The maximum absolute atomic E-state index is 13.3. The molecule has 3 aromatic rings. The van der Waals surface area contributed by atoms with Crippen LogP contribution in [0.5, 0.6) is 0 Å². The zero-order valence-corrected chi connectivity index (χ0v) is 17.6. The SMILES string of the molecule is CCC(=O)Nc1ccc(N2C(=O)/C(=C/c3cccc(Cl)c3)N=C2c2ccccc2)cc1. The number of benzene rings is 3. The summed E-state index contributed by atoms with van der Waals surface area (Å²) in [5.74, 6) is 0.247. The summed E-state index contributed by atoms with van der Waals surface area (Å²) in [5.41, 5.74) is 3.29. The van der Waals surface area contributed by atoms with Crippen molar-refractivity contribution in [2.75, 3.05) is 10.2 Å². The van der Waals surface area contributed by atoms with Crippen molar-refractivity contribution in [3.8, 4) is 0 Å². The van der Waals surface area contributed by atoms with Crippen LogP contribution >= 0.6 is 11.6 Å². The van der Waals surface area contributed by atoms with Crippen molar-refractivity contribution in [3.05, 3.63) is 101 Å². The molecule has 1 N–H and O–H groups in total. The summed E-state index contributed by atoms with van der Waals surface area (Å²) in [6.07, 6.45) is 2.13. The second-order valence-corrected chi connectivity index (χ2v) is 7.41. The Kier molecular flexibility index (Phi) is 5.96. The molecular formula is C25H20ClN3O2. The van der Waals surface area contributed by atoms with E-state index in [1.807, 2.05) is 42.5 Å². The van der Waals surface area contributed by atoms with E-state index in [0.29, 0.717) is 34.4 Å². The van der Waals surface area contributed by atoms with E-state index >= 15 is 0 Å². The number of hydrogen-bond donors (Lipinski definition) is 1. The number of amidine groups is 1. The smallest absolute Gasteiger partial charge is 0.282 e. The summed E-state index contributed by atoms with van der Waals surface area (Å²) in [6, 6.07) is 24.0. The molecule has 31 heavy (non-hydrogen) atoms. The Bertz CT molecular complexity index is 1180. The van der Waals surface area contributed by atoms with E-state index in [0.717, 1.165) is 11.1 Å². The fourth-order valence-electron chi connectivity index (χ4n) is 3.23. The van der Waals surface area contributed by atoms with Crippen LogP contribution in [0.25, 0.3) is 6.08 Å².